The molecule has 0 spiro atoms. The van der Waals surface area contributed by atoms with E-state index in [0.29, 0.717) is 17.0 Å². The maximum Gasteiger partial charge on any atom is 0.341 e. The Morgan fingerprint density at radius 2 is 1.69 bits per heavy atom. The standard InChI is InChI=1S/C21H21F2N3O3/c1-3-29-20(27)18-17(12-26(2)16-10-8-15(23)9-11-16)24-21(28)25-19(18)13-4-6-14(22)7-5-13/h4-11,18-19H,3,12H2,1-2H3,(H,25,28). The van der Waals surface area contributed by atoms with Gasteiger partial charge >= 0.3 is 12.0 Å². The third-order valence-electron chi connectivity index (χ3n) is 4.65. The molecule has 2 aromatic carbocycles. The zero-order valence-electron chi connectivity index (χ0n) is 16.1. The molecule has 1 aliphatic rings. The van der Waals surface area contributed by atoms with E-state index in [1.54, 1.807) is 31.0 Å². The summed E-state index contributed by atoms with van der Waals surface area (Å²) >= 11 is 0. The number of benzene rings is 2. The Balaban J connectivity index is 1.93. The van der Waals surface area contributed by atoms with Crippen LogP contribution in [0.15, 0.2) is 53.5 Å². The molecule has 0 saturated heterocycles. The number of amides is 2. The lowest BCUT2D eigenvalue weighted by Crippen LogP contribution is -2.48. The highest BCUT2D eigenvalue weighted by Gasteiger charge is 2.40. The van der Waals surface area contributed by atoms with Gasteiger partial charge in [-0.2, -0.15) is 0 Å². The number of carbonyl (C=O) groups is 2. The second-order valence-electron chi connectivity index (χ2n) is 6.64. The summed E-state index contributed by atoms with van der Waals surface area (Å²) in [6.45, 7) is 2.01. The summed E-state index contributed by atoms with van der Waals surface area (Å²) in [5.41, 5.74) is 1.57. The molecular formula is C21H21F2N3O3. The highest BCUT2D eigenvalue weighted by atomic mass is 19.1. The molecule has 0 bridgehead atoms. The molecule has 2 atom stereocenters. The molecule has 0 aromatic heterocycles. The molecule has 1 N–H and O–H groups in total. The summed E-state index contributed by atoms with van der Waals surface area (Å²) < 4.78 is 31.7. The van der Waals surface area contributed by atoms with Crippen LogP contribution in [0.4, 0.5) is 19.3 Å². The van der Waals surface area contributed by atoms with E-state index >= 15 is 0 Å². The average molecular weight is 401 g/mol. The minimum absolute atomic E-state index is 0.153. The van der Waals surface area contributed by atoms with Crippen LogP contribution in [0.3, 0.4) is 0 Å². The van der Waals surface area contributed by atoms with E-state index in [1.165, 1.54) is 36.4 Å². The molecule has 29 heavy (non-hydrogen) atoms. The molecule has 2 amide bonds. The number of carbonyl (C=O) groups excluding carboxylic acids is 2. The largest absolute Gasteiger partial charge is 0.465 e. The van der Waals surface area contributed by atoms with Crippen LogP contribution >= 0.6 is 0 Å². The monoisotopic (exact) mass is 401 g/mol. The lowest BCUT2D eigenvalue weighted by atomic mass is 9.87. The summed E-state index contributed by atoms with van der Waals surface area (Å²) in [4.78, 5) is 30.7. The molecular weight excluding hydrogens is 380 g/mol. The fraction of sp³-hybridized carbons (Fsp3) is 0.286. The predicted octanol–water partition coefficient (Wildman–Crippen LogP) is 3.49. The van der Waals surface area contributed by atoms with E-state index in [4.69, 9.17) is 4.74 Å². The van der Waals surface area contributed by atoms with Crippen molar-refractivity contribution in [2.75, 3.05) is 25.1 Å². The Labute approximate surface area is 167 Å². The van der Waals surface area contributed by atoms with Crippen LogP contribution in [0.25, 0.3) is 0 Å². The van der Waals surface area contributed by atoms with Crippen LogP contribution in [-0.2, 0) is 9.53 Å². The minimum Gasteiger partial charge on any atom is -0.465 e. The average Bonchev–Trinajstić information content (AvgIpc) is 2.68. The number of hydrogen-bond donors (Lipinski definition) is 1. The first kappa shape index (κ1) is 20.4. The Hall–Kier alpha value is -3.29. The molecule has 2 aromatic rings. The summed E-state index contributed by atoms with van der Waals surface area (Å²) in [7, 11) is 1.75. The molecule has 0 aliphatic carbocycles. The van der Waals surface area contributed by atoms with Gasteiger partial charge < -0.3 is 15.0 Å². The third kappa shape index (κ3) is 4.77. The van der Waals surface area contributed by atoms with Crippen LogP contribution in [0.2, 0.25) is 0 Å². The van der Waals surface area contributed by atoms with E-state index in [1.807, 2.05) is 0 Å². The predicted molar refractivity (Wildman–Crippen MR) is 105 cm³/mol. The van der Waals surface area contributed by atoms with Crippen molar-refractivity contribution in [1.29, 1.82) is 0 Å². The van der Waals surface area contributed by atoms with Gasteiger partial charge in [-0.3, -0.25) is 4.79 Å². The molecule has 6 nitrogen and oxygen atoms in total. The number of hydrogen-bond acceptors (Lipinski definition) is 4. The fourth-order valence-corrected chi connectivity index (χ4v) is 3.25. The number of halogens is 2. The first-order valence-electron chi connectivity index (χ1n) is 9.15. The number of nitrogens with zero attached hydrogens (tertiary/aromatic N) is 2. The Bertz CT molecular complexity index is 914. The SMILES string of the molecule is CCOC(=O)C1C(CN(C)c2ccc(F)cc2)=NC(=O)NC1c1ccc(F)cc1. The Kier molecular flexibility index (Phi) is 6.21. The summed E-state index contributed by atoms with van der Waals surface area (Å²) in [5.74, 6) is -2.19. The zero-order chi connectivity index (χ0) is 21.0. The zero-order valence-corrected chi connectivity index (χ0v) is 16.1. The molecule has 0 radical (unpaired) electrons. The van der Waals surface area contributed by atoms with Crippen molar-refractivity contribution >= 4 is 23.4 Å². The fourth-order valence-electron chi connectivity index (χ4n) is 3.25. The normalized spacial score (nSPS) is 18.6. The number of ether oxygens (including phenoxy) is 1. The van der Waals surface area contributed by atoms with Gasteiger partial charge in [-0.15, -0.1) is 0 Å². The molecule has 0 fully saturated rings. The summed E-state index contributed by atoms with van der Waals surface area (Å²) in [5, 5.41) is 2.67. The van der Waals surface area contributed by atoms with Gasteiger partial charge in [0.05, 0.1) is 24.9 Å². The van der Waals surface area contributed by atoms with Crippen LogP contribution in [-0.4, -0.2) is 37.9 Å². The topological polar surface area (TPSA) is 71.0 Å². The molecule has 3 rings (SSSR count). The van der Waals surface area contributed by atoms with Crippen molar-refractivity contribution < 1.29 is 23.1 Å². The minimum atomic E-state index is -0.874. The molecule has 0 saturated carbocycles. The van der Waals surface area contributed by atoms with Crippen LogP contribution in [0.1, 0.15) is 18.5 Å². The number of nitrogens with one attached hydrogen (secondary N) is 1. The third-order valence-corrected chi connectivity index (χ3v) is 4.65. The van der Waals surface area contributed by atoms with E-state index in [2.05, 4.69) is 10.3 Å². The Morgan fingerprint density at radius 1 is 1.10 bits per heavy atom. The van der Waals surface area contributed by atoms with Crippen LogP contribution in [0.5, 0.6) is 0 Å². The van der Waals surface area contributed by atoms with Crippen molar-refractivity contribution in [3.8, 4) is 0 Å². The second kappa shape index (κ2) is 8.81. The first-order chi connectivity index (χ1) is 13.9. The molecule has 152 valence electrons. The number of urea groups is 1. The van der Waals surface area contributed by atoms with Gasteiger partial charge in [-0.1, -0.05) is 12.1 Å². The van der Waals surface area contributed by atoms with Gasteiger partial charge in [0.2, 0.25) is 0 Å². The first-order valence-corrected chi connectivity index (χ1v) is 9.15. The van der Waals surface area contributed by atoms with E-state index < -0.39 is 29.8 Å². The molecule has 2 unspecified atom stereocenters. The van der Waals surface area contributed by atoms with Gasteiger partial charge in [0.1, 0.15) is 17.6 Å². The highest BCUT2D eigenvalue weighted by Crippen LogP contribution is 2.29. The van der Waals surface area contributed by atoms with Crippen LogP contribution < -0.4 is 10.2 Å². The van der Waals surface area contributed by atoms with E-state index in [-0.39, 0.29) is 19.0 Å². The van der Waals surface area contributed by atoms with Gasteiger partial charge in [-0.05, 0) is 48.9 Å². The molecule has 8 heteroatoms. The lowest BCUT2D eigenvalue weighted by Gasteiger charge is -2.33. The van der Waals surface area contributed by atoms with Gasteiger partial charge in [0.25, 0.3) is 0 Å². The lowest BCUT2D eigenvalue weighted by molar-refractivity contribution is -0.146. The molecule has 1 heterocycles. The van der Waals surface area contributed by atoms with Crippen LogP contribution in [0, 0.1) is 17.6 Å². The van der Waals surface area contributed by atoms with Crippen molar-refractivity contribution in [1.82, 2.24) is 5.32 Å². The summed E-state index contributed by atoms with van der Waals surface area (Å²) in [6, 6.07) is 10.1. The quantitative estimate of drug-likeness (QED) is 0.753. The number of rotatable bonds is 6. The number of esters is 1. The maximum atomic E-state index is 13.3. The highest BCUT2D eigenvalue weighted by molar-refractivity contribution is 6.11. The van der Waals surface area contributed by atoms with Crippen molar-refractivity contribution in [3.63, 3.8) is 0 Å². The number of anilines is 1. The van der Waals surface area contributed by atoms with E-state index in [9.17, 15) is 18.4 Å². The molecule has 1 aliphatic heterocycles. The smallest absolute Gasteiger partial charge is 0.341 e. The Morgan fingerprint density at radius 3 is 2.28 bits per heavy atom. The van der Waals surface area contributed by atoms with E-state index in [0.717, 1.165) is 0 Å². The van der Waals surface area contributed by atoms with Crippen molar-refractivity contribution in [3.05, 3.63) is 65.7 Å². The summed E-state index contributed by atoms with van der Waals surface area (Å²) in [6.07, 6.45) is 0. The second-order valence-corrected chi connectivity index (χ2v) is 6.64. The van der Waals surface area contributed by atoms with Gasteiger partial charge in [-0.25, -0.2) is 18.6 Å². The van der Waals surface area contributed by atoms with Crippen molar-refractivity contribution in [2.45, 2.75) is 13.0 Å². The maximum absolute atomic E-state index is 13.3. The number of aliphatic imine (C=N–C) groups is 1. The van der Waals surface area contributed by atoms with Crippen molar-refractivity contribution in [2.24, 2.45) is 10.9 Å². The van der Waals surface area contributed by atoms with Gasteiger partial charge in [0.15, 0.2) is 0 Å². The van der Waals surface area contributed by atoms with Gasteiger partial charge in [0, 0.05) is 12.7 Å².